The quantitative estimate of drug-likeness (QED) is 0.727. The lowest BCUT2D eigenvalue weighted by Crippen LogP contribution is -2.16. The van der Waals surface area contributed by atoms with Crippen molar-refractivity contribution in [2.45, 2.75) is 31.7 Å². The average molecular weight is 225 g/mol. The zero-order valence-electron chi connectivity index (χ0n) is 10.4. The average Bonchev–Trinajstić information content (AvgIpc) is 2.60. The highest BCUT2D eigenvalue weighted by atomic mass is 14.9. The topological polar surface area (TPSA) is 12.0 Å². The Bertz CT molecular complexity index is 530. The van der Waals surface area contributed by atoms with Crippen molar-refractivity contribution in [1.82, 2.24) is 5.32 Å². The molecule has 0 spiro atoms. The third kappa shape index (κ3) is 1.85. The van der Waals surface area contributed by atoms with E-state index >= 15 is 0 Å². The molecule has 2 aromatic rings. The van der Waals surface area contributed by atoms with Gasteiger partial charge in [0.2, 0.25) is 0 Å². The van der Waals surface area contributed by atoms with Gasteiger partial charge in [0.25, 0.3) is 0 Å². The summed E-state index contributed by atoms with van der Waals surface area (Å²) in [6, 6.07) is 13.9. The second-order valence-corrected chi connectivity index (χ2v) is 4.94. The van der Waals surface area contributed by atoms with E-state index in [1.807, 2.05) is 0 Å². The van der Waals surface area contributed by atoms with Crippen molar-refractivity contribution in [2.24, 2.45) is 0 Å². The molecule has 1 nitrogen and oxygen atoms in total. The van der Waals surface area contributed by atoms with Gasteiger partial charge in [0.05, 0.1) is 0 Å². The van der Waals surface area contributed by atoms with Gasteiger partial charge in [-0.2, -0.15) is 0 Å². The smallest absolute Gasteiger partial charge is 0.0320 e. The Morgan fingerprint density at radius 3 is 2.82 bits per heavy atom. The fourth-order valence-corrected chi connectivity index (χ4v) is 3.06. The first kappa shape index (κ1) is 10.8. The Kier molecular flexibility index (Phi) is 2.86. The molecule has 17 heavy (non-hydrogen) atoms. The van der Waals surface area contributed by atoms with E-state index in [9.17, 15) is 0 Å². The molecule has 0 saturated heterocycles. The van der Waals surface area contributed by atoms with Gasteiger partial charge in [-0.15, -0.1) is 0 Å². The van der Waals surface area contributed by atoms with Gasteiger partial charge < -0.3 is 5.32 Å². The molecule has 0 aromatic heterocycles. The minimum atomic E-state index is 0.539. The molecule has 88 valence electrons. The molecule has 3 rings (SSSR count). The predicted octanol–water partition coefficient (Wildman–Crippen LogP) is 3.83. The Morgan fingerprint density at radius 1 is 1.06 bits per heavy atom. The van der Waals surface area contributed by atoms with Gasteiger partial charge in [-0.25, -0.2) is 0 Å². The molecule has 2 aromatic carbocycles. The van der Waals surface area contributed by atoms with Crippen LogP contribution in [0.15, 0.2) is 36.4 Å². The molecule has 0 aliphatic heterocycles. The van der Waals surface area contributed by atoms with Gasteiger partial charge in [-0.1, -0.05) is 42.8 Å². The van der Waals surface area contributed by atoms with Crippen molar-refractivity contribution in [3.63, 3.8) is 0 Å². The number of rotatable bonds is 1. The molecule has 0 amide bonds. The van der Waals surface area contributed by atoms with Crippen molar-refractivity contribution in [2.75, 3.05) is 7.05 Å². The summed E-state index contributed by atoms with van der Waals surface area (Å²) in [5.41, 5.74) is 3.09. The van der Waals surface area contributed by atoms with Crippen molar-refractivity contribution in [3.8, 4) is 0 Å². The number of aryl methyl sites for hydroxylation is 1. The highest BCUT2D eigenvalue weighted by molar-refractivity contribution is 5.87. The first-order valence-corrected chi connectivity index (χ1v) is 6.58. The lowest BCUT2D eigenvalue weighted by Gasteiger charge is -2.18. The van der Waals surface area contributed by atoms with Crippen molar-refractivity contribution in [3.05, 3.63) is 47.5 Å². The van der Waals surface area contributed by atoms with Crippen LogP contribution in [0.5, 0.6) is 0 Å². The van der Waals surface area contributed by atoms with Crippen molar-refractivity contribution < 1.29 is 0 Å². The maximum atomic E-state index is 3.46. The monoisotopic (exact) mass is 225 g/mol. The fourth-order valence-electron chi connectivity index (χ4n) is 3.06. The highest BCUT2D eigenvalue weighted by Crippen LogP contribution is 2.33. The van der Waals surface area contributed by atoms with Crippen LogP contribution in [0.3, 0.4) is 0 Å². The molecule has 0 bridgehead atoms. The molecular weight excluding hydrogens is 206 g/mol. The number of fused-ring (bicyclic) bond motifs is 3. The van der Waals surface area contributed by atoms with E-state index in [0.29, 0.717) is 6.04 Å². The van der Waals surface area contributed by atoms with Crippen LogP contribution in [0, 0.1) is 0 Å². The maximum absolute atomic E-state index is 3.46. The third-order valence-corrected chi connectivity index (χ3v) is 3.97. The Hall–Kier alpha value is -1.34. The first-order chi connectivity index (χ1) is 8.40. The number of hydrogen-bond donors (Lipinski definition) is 1. The van der Waals surface area contributed by atoms with Gasteiger partial charge in [0, 0.05) is 6.04 Å². The fraction of sp³-hybridized carbons (Fsp3) is 0.375. The standard InChI is InChI=1S/C16H19N/c1-17-16-9-5-4-8-14-13-7-3-2-6-12(13)10-11-15(14)16/h2-3,6-7,10-11,16-17H,4-5,8-9H2,1H3. The summed E-state index contributed by atoms with van der Waals surface area (Å²) in [6.07, 6.45) is 5.14. The summed E-state index contributed by atoms with van der Waals surface area (Å²) in [5.74, 6) is 0. The van der Waals surface area contributed by atoms with E-state index in [2.05, 4.69) is 48.8 Å². The minimum Gasteiger partial charge on any atom is -0.313 e. The van der Waals surface area contributed by atoms with Crippen LogP contribution in [0.25, 0.3) is 10.8 Å². The van der Waals surface area contributed by atoms with E-state index < -0.39 is 0 Å². The van der Waals surface area contributed by atoms with Gasteiger partial charge in [-0.3, -0.25) is 0 Å². The van der Waals surface area contributed by atoms with Gasteiger partial charge >= 0.3 is 0 Å². The molecule has 1 heteroatoms. The summed E-state index contributed by atoms with van der Waals surface area (Å²) < 4.78 is 0. The van der Waals surface area contributed by atoms with Gasteiger partial charge in [-0.05, 0) is 48.2 Å². The normalized spacial score (nSPS) is 19.9. The molecule has 1 N–H and O–H groups in total. The van der Waals surface area contributed by atoms with Crippen LogP contribution in [0.1, 0.15) is 36.4 Å². The molecule has 0 heterocycles. The van der Waals surface area contributed by atoms with Crippen LogP contribution < -0.4 is 5.32 Å². The molecule has 1 aliphatic carbocycles. The van der Waals surface area contributed by atoms with Crippen LogP contribution in [-0.4, -0.2) is 7.05 Å². The Morgan fingerprint density at radius 2 is 1.94 bits per heavy atom. The summed E-state index contributed by atoms with van der Waals surface area (Å²) >= 11 is 0. The summed E-state index contributed by atoms with van der Waals surface area (Å²) in [4.78, 5) is 0. The van der Waals surface area contributed by atoms with Gasteiger partial charge in [0.1, 0.15) is 0 Å². The minimum absolute atomic E-state index is 0.539. The van der Waals surface area contributed by atoms with E-state index in [-0.39, 0.29) is 0 Å². The van der Waals surface area contributed by atoms with E-state index in [0.717, 1.165) is 0 Å². The second-order valence-electron chi connectivity index (χ2n) is 4.94. The van der Waals surface area contributed by atoms with E-state index in [1.54, 1.807) is 5.56 Å². The third-order valence-electron chi connectivity index (χ3n) is 3.97. The Labute approximate surface area is 103 Å². The Balaban J connectivity index is 2.23. The lowest BCUT2D eigenvalue weighted by molar-refractivity contribution is 0.533. The van der Waals surface area contributed by atoms with Crippen LogP contribution in [-0.2, 0) is 6.42 Å². The second kappa shape index (κ2) is 4.50. The summed E-state index contributed by atoms with van der Waals surface area (Å²) in [7, 11) is 2.08. The number of nitrogens with one attached hydrogen (secondary N) is 1. The van der Waals surface area contributed by atoms with Crippen molar-refractivity contribution in [1.29, 1.82) is 0 Å². The largest absolute Gasteiger partial charge is 0.313 e. The molecule has 1 unspecified atom stereocenters. The zero-order chi connectivity index (χ0) is 11.7. The van der Waals surface area contributed by atoms with Crippen LogP contribution in [0.2, 0.25) is 0 Å². The van der Waals surface area contributed by atoms with E-state index in [4.69, 9.17) is 0 Å². The van der Waals surface area contributed by atoms with Crippen molar-refractivity contribution >= 4 is 10.8 Å². The molecule has 0 radical (unpaired) electrons. The summed E-state index contributed by atoms with van der Waals surface area (Å²) in [5, 5.41) is 6.29. The van der Waals surface area contributed by atoms with Gasteiger partial charge in [0.15, 0.2) is 0 Å². The maximum Gasteiger partial charge on any atom is 0.0320 e. The SMILES string of the molecule is CNC1CCCCc2c1ccc1ccccc21. The molecule has 0 saturated carbocycles. The van der Waals surface area contributed by atoms with Crippen LogP contribution >= 0.6 is 0 Å². The van der Waals surface area contributed by atoms with Crippen LogP contribution in [0.4, 0.5) is 0 Å². The lowest BCUT2D eigenvalue weighted by atomic mass is 9.93. The van der Waals surface area contributed by atoms with E-state index in [1.165, 1.54) is 42.0 Å². The molecule has 1 aliphatic rings. The number of hydrogen-bond acceptors (Lipinski definition) is 1. The zero-order valence-corrected chi connectivity index (χ0v) is 10.4. The number of benzene rings is 2. The summed E-state index contributed by atoms with van der Waals surface area (Å²) in [6.45, 7) is 0. The molecular formula is C16H19N. The first-order valence-electron chi connectivity index (χ1n) is 6.58. The molecule has 0 fully saturated rings. The molecule has 1 atom stereocenters. The predicted molar refractivity (Wildman–Crippen MR) is 73.3 cm³/mol. The highest BCUT2D eigenvalue weighted by Gasteiger charge is 2.18.